The molecule has 4 heteroatoms. The van der Waals surface area contributed by atoms with Gasteiger partial charge in [-0.15, -0.1) is 11.3 Å². The first-order valence-corrected chi connectivity index (χ1v) is 7.33. The van der Waals surface area contributed by atoms with E-state index in [1.54, 1.807) is 23.6 Å². The summed E-state index contributed by atoms with van der Waals surface area (Å²) in [5.41, 5.74) is 3.03. The molecule has 0 aliphatic rings. The smallest absolute Gasteiger partial charge is 0.194 e. The summed E-state index contributed by atoms with van der Waals surface area (Å²) < 4.78 is 2.03. The van der Waals surface area contributed by atoms with Gasteiger partial charge in [0.05, 0.1) is 11.9 Å². The number of aromatic nitrogens is 2. The van der Waals surface area contributed by atoms with Crippen molar-refractivity contribution in [3.05, 3.63) is 64.4 Å². The zero-order valence-corrected chi connectivity index (χ0v) is 12.3. The van der Waals surface area contributed by atoms with Gasteiger partial charge in [0.25, 0.3) is 0 Å². The van der Waals surface area contributed by atoms with Crippen molar-refractivity contribution in [1.82, 2.24) is 9.38 Å². The first-order valence-electron chi connectivity index (χ1n) is 6.51. The molecular formula is C16H16N2OS. The first-order chi connectivity index (χ1) is 9.66. The van der Waals surface area contributed by atoms with Crippen LogP contribution in [0.15, 0.2) is 42.6 Å². The molecule has 3 rings (SSSR count). The van der Waals surface area contributed by atoms with Crippen LogP contribution in [-0.4, -0.2) is 14.5 Å². The number of aryl methyl sites for hydroxylation is 2. The van der Waals surface area contributed by atoms with Crippen molar-refractivity contribution in [1.29, 1.82) is 0 Å². The molecule has 0 radical (unpaired) electrons. The van der Waals surface area contributed by atoms with Crippen LogP contribution in [0.3, 0.4) is 0 Å². The highest BCUT2D eigenvalue weighted by molar-refractivity contribution is 7.17. The Kier molecular flexibility index (Phi) is 3.42. The molecule has 20 heavy (non-hydrogen) atoms. The van der Waals surface area contributed by atoms with Crippen molar-refractivity contribution in [2.75, 3.05) is 0 Å². The molecule has 3 nitrogen and oxygen atoms in total. The van der Waals surface area contributed by atoms with Crippen LogP contribution in [-0.2, 0) is 0 Å². The fourth-order valence-corrected chi connectivity index (χ4v) is 3.15. The molecule has 1 N–H and O–H groups in total. The normalized spacial score (nSPS) is 13.3. The van der Waals surface area contributed by atoms with E-state index in [9.17, 15) is 5.11 Å². The van der Waals surface area contributed by atoms with Crippen LogP contribution < -0.4 is 0 Å². The summed E-state index contributed by atoms with van der Waals surface area (Å²) in [6.07, 6.45) is 4.82. The molecule has 0 aliphatic carbocycles. The van der Waals surface area contributed by atoms with E-state index in [2.05, 4.69) is 18.8 Å². The molecule has 1 atom stereocenters. The summed E-state index contributed by atoms with van der Waals surface area (Å²) in [4.78, 5) is 6.53. The van der Waals surface area contributed by atoms with E-state index in [-0.39, 0.29) is 0 Å². The molecule has 0 amide bonds. The molecule has 2 heterocycles. The summed E-state index contributed by atoms with van der Waals surface area (Å²) >= 11 is 1.65. The molecule has 1 aromatic carbocycles. The maximum atomic E-state index is 10.4. The van der Waals surface area contributed by atoms with Crippen LogP contribution in [0.5, 0.6) is 0 Å². The summed E-state index contributed by atoms with van der Waals surface area (Å²) in [6, 6.07) is 9.96. The number of benzene rings is 1. The fourth-order valence-electron chi connectivity index (χ4n) is 2.20. The van der Waals surface area contributed by atoms with E-state index < -0.39 is 6.10 Å². The molecule has 3 aromatic rings. The van der Waals surface area contributed by atoms with Crippen LogP contribution in [0.1, 0.15) is 27.9 Å². The van der Waals surface area contributed by atoms with Gasteiger partial charge in [-0.25, -0.2) is 4.98 Å². The van der Waals surface area contributed by atoms with Gasteiger partial charge in [-0.05, 0) is 25.5 Å². The summed E-state index contributed by atoms with van der Waals surface area (Å²) in [5.74, 6) is 0. The van der Waals surface area contributed by atoms with Gasteiger partial charge in [-0.2, -0.15) is 0 Å². The van der Waals surface area contributed by atoms with E-state index in [1.807, 2.05) is 40.8 Å². The highest BCUT2D eigenvalue weighted by Crippen LogP contribution is 2.26. The molecular weight excluding hydrogens is 268 g/mol. The van der Waals surface area contributed by atoms with Gasteiger partial charge in [0, 0.05) is 10.6 Å². The third-order valence-electron chi connectivity index (χ3n) is 3.42. The van der Waals surface area contributed by atoms with Crippen molar-refractivity contribution in [3.8, 4) is 0 Å². The fraction of sp³-hybridized carbons (Fsp3) is 0.188. The third-order valence-corrected chi connectivity index (χ3v) is 4.49. The Morgan fingerprint density at radius 1 is 1.25 bits per heavy atom. The largest absolute Gasteiger partial charge is 0.383 e. The minimum Gasteiger partial charge on any atom is -0.383 e. The van der Waals surface area contributed by atoms with Crippen molar-refractivity contribution < 1.29 is 5.11 Å². The lowest BCUT2D eigenvalue weighted by molar-refractivity contribution is 0.223. The SMILES string of the molecule is Cc1sc2ncc(C(O)/C=C/c3ccccc3)n2c1C. The Hall–Kier alpha value is -1.91. The lowest BCUT2D eigenvalue weighted by Crippen LogP contribution is -1.99. The number of aliphatic hydroxyl groups excluding tert-OH is 1. The second kappa shape index (κ2) is 5.23. The summed E-state index contributed by atoms with van der Waals surface area (Å²) in [7, 11) is 0. The molecule has 1 unspecified atom stereocenters. The number of aliphatic hydroxyl groups is 1. The van der Waals surface area contributed by atoms with E-state index in [1.165, 1.54) is 4.88 Å². The average Bonchev–Trinajstić information content (AvgIpc) is 2.99. The monoisotopic (exact) mass is 284 g/mol. The maximum Gasteiger partial charge on any atom is 0.194 e. The van der Waals surface area contributed by atoms with E-state index in [0.717, 1.165) is 21.9 Å². The highest BCUT2D eigenvalue weighted by atomic mass is 32.1. The first kappa shape index (κ1) is 13.1. The van der Waals surface area contributed by atoms with Gasteiger partial charge in [0.1, 0.15) is 6.10 Å². The van der Waals surface area contributed by atoms with Crippen LogP contribution in [0.2, 0.25) is 0 Å². The van der Waals surface area contributed by atoms with E-state index >= 15 is 0 Å². The quantitative estimate of drug-likeness (QED) is 0.795. The predicted molar refractivity (Wildman–Crippen MR) is 83.0 cm³/mol. The molecule has 2 aromatic heterocycles. The van der Waals surface area contributed by atoms with Crippen molar-refractivity contribution in [3.63, 3.8) is 0 Å². The van der Waals surface area contributed by atoms with Gasteiger partial charge in [-0.3, -0.25) is 4.40 Å². The second-order valence-corrected chi connectivity index (χ2v) is 5.94. The molecule has 0 aliphatic heterocycles. The number of fused-ring (bicyclic) bond motifs is 1. The Bertz CT molecular complexity index is 755. The Morgan fingerprint density at radius 2 is 2.00 bits per heavy atom. The number of imidazole rings is 1. The summed E-state index contributed by atoms with van der Waals surface area (Å²) in [5, 5.41) is 10.4. The van der Waals surface area contributed by atoms with Gasteiger partial charge in [0.2, 0.25) is 0 Å². The standard InChI is InChI=1S/C16H16N2OS/c1-11-12(2)20-16-17-10-14(18(11)16)15(19)9-8-13-6-4-3-5-7-13/h3-10,15,19H,1-2H3/b9-8+. The van der Waals surface area contributed by atoms with Crippen molar-refractivity contribution in [2.24, 2.45) is 0 Å². The van der Waals surface area contributed by atoms with Crippen LogP contribution in [0, 0.1) is 13.8 Å². The third kappa shape index (κ3) is 2.28. The number of hydrogen-bond acceptors (Lipinski definition) is 3. The van der Waals surface area contributed by atoms with E-state index in [0.29, 0.717) is 0 Å². The zero-order valence-electron chi connectivity index (χ0n) is 11.4. The molecule has 0 bridgehead atoms. The molecule has 102 valence electrons. The Labute approximate surface area is 121 Å². The highest BCUT2D eigenvalue weighted by Gasteiger charge is 2.15. The lowest BCUT2D eigenvalue weighted by Gasteiger charge is -2.05. The average molecular weight is 284 g/mol. The molecule has 0 fully saturated rings. The lowest BCUT2D eigenvalue weighted by atomic mass is 10.1. The Balaban J connectivity index is 1.93. The predicted octanol–water partition coefficient (Wildman–Crippen LogP) is 3.76. The minimum absolute atomic E-state index is 0.655. The number of rotatable bonds is 3. The van der Waals surface area contributed by atoms with Crippen LogP contribution in [0.25, 0.3) is 11.0 Å². The molecule has 0 saturated carbocycles. The zero-order chi connectivity index (χ0) is 14.1. The van der Waals surface area contributed by atoms with Gasteiger partial charge < -0.3 is 5.11 Å². The minimum atomic E-state index is -0.655. The summed E-state index contributed by atoms with van der Waals surface area (Å²) in [6.45, 7) is 4.13. The van der Waals surface area contributed by atoms with Crippen molar-refractivity contribution in [2.45, 2.75) is 20.0 Å². The van der Waals surface area contributed by atoms with Gasteiger partial charge >= 0.3 is 0 Å². The maximum absolute atomic E-state index is 10.4. The number of nitrogens with zero attached hydrogens (tertiary/aromatic N) is 2. The van der Waals surface area contributed by atoms with Crippen molar-refractivity contribution >= 4 is 22.4 Å². The van der Waals surface area contributed by atoms with Gasteiger partial charge in [-0.1, -0.05) is 36.4 Å². The number of hydrogen-bond donors (Lipinski definition) is 1. The van der Waals surface area contributed by atoms with Crippen LogP contribution >= 0.6 is 11.3 Å². The van der Waals surface area contributed by atoms with Crippen LogP contribution in [0.4, 0.5) is 0 Å². The second-order valence-electron chi connectivity index (χ2n) is 4.76. The molecule has 0 spiro atoms. The number of thiazole rings is 1. The van der Waals surface area contributed by atoms with E-state index in [4.69, 9.17) is 0 Å². The van der Waals surface area contributed by atoms with Gasteiger partial charge in [0.15, 0.2) is 4.96 Å². The Morgan fingerprint density at radius 3 is 2.75 bits per heavy atom. The topological polar surface area (TPSA) is 37.5 Å². The molecule has 0 saturated heterocycles.